The molecule has 1 aromatic rings. The van der Waals surface area contributed by atoms with Crippen molar-refractivity contribution in [2.24, 2.45) is 5.92 Å². The van der Waals surface area contributed by atoms with E-state index >= 15 is 0 Å². The molecular weight excluding hydrogens is 304 g/mol. The van der Waals surface area contributed by atoms with Crippen LogP contribution >= 0.6 is 0 Å². The Labute approximate surface area is 130 Å². The number of hydrogen-bond donors (Lipinski definition) is 2. The molecule has 2 aliphatic rings. The van der Waals surface area contributed by atoms with Gasteiger partial charge in [0.05, 0.1) is 4.90 Å². The van der Waals surface area contributed by atoms with Crippen molar-refractivity contribution >= 4 is 21.6 Å². The first kappa shape index (κ1) is 15.5. The highest BCUT2D eigenvalue weighted by Gasteiger charge is 2.27. The molecule has 22 heavy (non-hydrogen) atoms. The van der Waals surface area contributed by atoms with Gasteiger partial charge in [-0.2, -0.15) is 8.42 Å². The van der Waals surface area contributed by atoms with Gasteiger partial charge in [0.15, 0.2) is 5.78 Å². The third kappa shape index (κ3) is 3.16. The van der Waals surface area contributed by atoms with E-state index in [-0.39, 0.29) is 10.7 Å². The van der Waals surface area contributed by atoms with Gasteiger partial charge in [0.25, 0.3) is 10.1 Å². The number of carbonyl (C=O) groups is 1. The Hall–Kier alpha value is -1.44. The minimum atomic E-state index is -4.28. The van der Waals surface area contributed by atoms with Crippen molar-refractivity contribution in [1.82, 2.24) is 5.32 Å². The Morgan fingerprint density at radius 1 is 1.27 bits per heavy atom. The topological polar surface area (TPSA) is 86.7 Å². The molecule has 120 valence electrons. The fourth-order valence-corrected chi connectivity index (χ4v) is 3.74. The molecule has 2 aliphatic heterocycles. The lowest BCUT2D eigenvalue weighted by Gasteiger charge is -2.35. The summed E-state index contributed by atoms with van der Waals surface area (Å²) in [6.45, 7) is 3.59. The molecule has 1 aromatic carbocycles. The minimum absolute atomic E-state index is 0.0675. The molecule has 0 bridgehead atoms. The van der Waals surface area contributed by atoms with Crippen molar-refractivity contribution in [1.29, 1.82) is 0 Å². The summed E-state index contributed by atoms with van der Waals surface area (Å²) < 4.78 is 31.6. The monoisotopic (exact) mass is 324 g/mol. The van der Waals surface area contributed by atoms with Crippen LogP contribution in [0, 0.1) is 5.92 Å². The Kier molecular flexibility index (Phi) is 4.20. The SMILES string of the molecule is O=C1CCN(CC2CCNCC2)c2ccc(S(=O)(=O)O)cc21. The Bertz CT molecular complexity index is 681. The zero-order valence-corrected chi connectivity index (χ0v) is 13.1. The van der Waals surface area contributed by atoms with Crippen molar-refractivity contribution in [2.45, 2.75) is 24.2 Å². The van der Waals surface area contributed by atoms with Crippen LogP contribution in [0.3, 0.4) is 0 Å². The lowest BCUT2D eigenvalue weighted by molar-refractivity contribution is 0.0979. The van der Waals surface area contributed by atoms with Crippen molar-refractivity contribution in [3.8, 4) is 0 Å². The largest absolute Gasteiger partial charge is 0.370 e. The number of piperidine rings is 1. The van der Waals surface area contributed by atoms with E-state index in [0.29, 0.717) is 24.4 Å². The molecule has 7 heteroatoms. The number of fused-ring (bicyclic) bond motifs is 1. The van der Waals surface area contributed by atoms with Gasteiger partial charge in [-0.3, -0.25) is 9.35 Å². The molecule has 0 aromatic heterocycles. The van der Waals surface area contributed by atoms with Crippen molar-refractivity contribution in [3.05, 3.63) is 23.8 Å². The van der Waals surface area contributed by atoms with E-state index in [1.165, 1.54) is 12.1 Å². The second-order valence-electron chi connectivity index (χ2n) is 5.97. The molecule has 2 heterocycles. The average molecular weight is 324 g/mol. The molecule has 3 rings (SSSR count). The summed E-state index contributed by atoms with van der Waals surface area (Å²) in [5.41, 5.74) is 1.18. The van der Waals surface area contributed by atoms with Gasteiger partial charge in [-0.25, -0.2) is 0 Å². The summed E-state index contributed by atoms with van der Waals surface area (Å²) in [5.74, 6) is 0.519. The van der Waals surface area contributed by atoms with Gasteiger partial charge in [0.1, 0.15) is 0 Å². The molecule has 0 saturated carbocycles. The number of ketones is 1. The first-order valence-electron chi connectivity index (χ1n) is 7.55. The quantitative estimate of drug-likeness (QED) is 0.816. The second kappa shape index (κ2) is 5.98. The number of nitrogens with one attached hydrogen (secondary N) is 1. The highest BCUT2D eigenvalue weighted by Crippen LogP contribution is 2.31. The lowest BCUT2D eigenvalue weighted by Crippen LogP contribution is -2.39. The maximum absolute atomic E-state index is 12.1. The minimum Gasteiger partial charge on any atom is -0.370 e. The molecule has 1 fully saturated rings. The standard InChI is InChI=1S/C15H20N2O4S/c18-15-5-8-17(10-11-3-6-16-7-4-11)14-2-1-12(9-13(14)15)22(19,20)21/h1-2,9,11,16H,3-8,10H2,(H,19,20,21). The average Bonchev–Trinajstić information content (AvgIpc) is 2.50. The normalized spacial score (nSPS) is 20.0. The van der Waals surface area contributed by atoms with Gasteiger partial charge in [0, 0.05) is 30.8 Å². The fraction of sp³-hybridized carbons (Fsp3) is 0.533. The number of Topliss-reactive ketones (excluding diaryl/α,β-unsaturated/α-hetero) is 1. The first-order valence-corrected chi connectivity index (χ1v) is 8.99. The van der Waals surface area contributed by atoms with Crippen LogP contribution in [0.2, 0.25) is 0 Å². The number of anilines is 1. The molecule has 0 radical (unpaired) electrons. The molecule has 1 saturated heterocycles. The van der Waals surface area contributed by atoms with Crippen molar-refractivity contribution < 1.29 is 17.8 Å². The summed E-state index contributed by atoms with van der Waals surface area (Å²) in [6, 6.07) is 4.29. The van der Waals surface area contributed by atoms with Crippen LogP contribution in [0.15, 0.2) is 23.1 Å². The zero-order chi connectivity index (χ0) is 15.7. The van der Waals surface area contributed by atoms with Gasteiger partial charge >= 0.3 is 0 Å². The van der Waals surface area contributed by atoms with Gasteiger partial charge in [-0.15, -0.1) is 0 Å². The summed E-state index contributed by atoms with van der Waals surface area (Å²) in [7, 11) is -4.28. The summed E-state index contributed by atoms with van der Waals surface area (Å²) in [6.07, 6.45) is 2.61. The van der Waals surface area contributed by atoms with Crippen LogP contribution in [0.5, 0.6) is 0 Å². The molecule has 0 atom stereocenters. The van der Waals surface area contributed by atoms with Crippen LogP contribution in [0.4, 0.5) is 5.69 Å². The van der Waals surface area contributed by atoms with E-state index in [1.807, 2.05) is 0 Å². The molecular formula is C15H20N2O4S. The maximum atomic E-state index is 12.1. The van der Waals surface area contributed by atoms with E-state index in [9.17, 15) is 13.2 Å². The fourth-order valence-electron chi connectivity index (χ4n) is 3.23. The maximum Gasteiger partial charge on any atom is 0.294 e. The van der Waals surface area contributed by atoms with Gasteiger partial charge in [0.2, 0.25) is 0 Å². The van der Waals surface area contributed by atoms with Crippen LogP contribution in [0.1, 0.15) is 29.6 Å². The Morgan fingerprint density at radius 3 is 2.68 bits per heavy atom. The van der Waals surface area contributed by atoms with E-state index in [1.54, 1.807) is 6.07 Å². The number of rotatable bonds is 3. The lowest BCUT2D eigenvalue weighted by atomic mass is 9.94. The van der Waals surface area contributed by atoms with E-state index in [0.717, 1.165) is 38.2 Å². The number of nitrogens with zero attached hydrogens (tertiary/aromatic N) is 1. The third-order valence-electron chi connectivity index (χ3n) is 4.45. The van der Waals surface area contributed by atoms with Crippen LogP contribution in [0.25, 0.3) is 0 Å². The van der Waals surface area contributed by atoms with Crippen molar-refractivity contribution in [2.75, 3.05) is 31.1 Å². The molecule has 0 unspecified atom stereocenters. The van der Waals surface area contributed by atoms with E-state index < -0.39 is 10.1 Å². The Morgan fingerprint density at radius 2 is 2.00 bits per heavy atom. The molecule has 2 N–H and O–H groups in total. The van der Waals surface area contributed by atoms with Crippen LogP contribution in [-0.4, -0.2) is 44.9 Å². The predicted octanol–water partition coefficient (Wildman–Crippen LogP) is 1.33. The smallest absolute Gasteiger partial charge is 0.294 e. The van der Waals surface area contributed by atoms with Gasteiger partial charge < -0.3 is 10.2 Å². The summed E-state index contributed by atoms with van der Waals surface area (Å²) >= 11 is 0. The zero-order valence-electron chi connectivity index (χ0n) is 12.3. The summed E-state index contributed by atoms with van der Waals surface area (Å²) in [5, 5.41) is 3.34. The van der Waals surface area contributed by atoms with Crippen LogP contribution < -0.4 is 10.2 Å². The predicted molar refractivity (Wildman–Crippen MR) is 83.0 cm³/mol. The molecule has 0 amide bonds. The van der Waals surface area contributed by atoms with E-state index in [2.05, 4.69) is 10.2 Å². The number of benzene rings is 1. The molecule has 0 aliphatic carbocycles. The highest BCUT2D eigenvalue weighted by molar-refractivity contribution is 7.85. The molecule has 0 spiro atoms. The number of carbonyl (C=O) groups excluding carboxylic acids is 1. The second-order valence-corrected chi connectivity index (χ2v) is 7.39. The number of hydrogen-bond acceptors (Lipinski definition) is 5. The van der Waals surface area contributed by atoms with Gasteiger partial charge in [-0.05, 0) is 50.0 Å². The third-order valence-corrected chi connectivity index (χ3v) is 5.30. The summed E-state index contributed by atoms with van der Waals surface area (Å²) in [4.78, 5) is 14.0. The van der Waals surface area contributed by atoms with Gasteiger partial charge in [-0.1, -0.05) is 0 Å². The highest BCUT2D eigenvalue weighted by atomic mass is 32.2. The first-order chi connectivity index (χ1) is 10.4. The van der Waals surface area contributed by atoms with Crippen molar-refractivity contribution in [3.63, 3.8) is 0 Å². The molecule has 6 nitrogen and oxygen atoms in total. The van der Waals surface area contributed by atoms with E-state index in [4.69, 9.17) is 4.55 Å². The Balaban J connectivity index is 1.88. The van der Waals surface area contributed by atoms with Crippen LogP contribution in [-0.2, 0) is 10.1 Å².